The Bertz CT molecular complexity index is 1380. The van der Waals surface area contributed by atoms with Crippen LogP contribution in [0.5, 0.6) is 17.2 Å². The molecule has 1 aromatic heterocycles. The smallest absolute Gasteiger partial charge is 0.257 e. The van der Waals surface area contributed by atoms with Gasteiger partial charge in [0.15, 0.2) is 0 Å². The second-order valence-corrected chi connectivity index (χ2v) is 8.76. The zero-order chi connectivity index (χ0) is 26.6. The van der Waals surface area contributed by atoms with Gasteiger partial charge in [0.25, 0.3) is 5.91 Å². The van der Waals surface area contributed by atoms with Gasteiger partial charge in [-0.2, -0.15) is 5.10 Å². The maximum Gasteiger partial charge on any atom is 0.257 e. The van der Waals surface area contributed by atoms with E-state index in [4.69, 9.17) is 14.2 Å². The van der Waals surface area contributed by atoms with Gasteiger partial charge >= 0.3 is 0 Å². The van der Waals surface area contributed by atoms with Crippen LogP contribution in [0.4, 0.5) is 5.13 Å². The molecule has 0 radical (unpaired) electrons. The number of rotatable bonds is 12. The molecule has 2 N–H and O–H groups in total. The summed E-state index contributed by atoms with van der Waals surface area (Å²) in [5, 5.41) is 15.3. The molecule has 1 heterocycles. The summed E-state index contributed by atoms with van der Waals surface area (Å²) in [5.41, 5.74) is 3.62. The van der Waals surface area contributed by atoms with Crippen LogP contribution in [0.3, 0.4) is 0 Å². The van der Waals surface area contributed by atoms with Crippen LogP contribution in [-0.2, 0) is 11.2 Å². The molecule has 194 valence electrons. The Morgan fingerprint density at radius 2 is 1.63 bits per heavy atom. The molecule has 0 fully saturated rings. The van der Waals surface area contributed by atoms with Gasteiger partial charge in [-0.15, -0.1) is 10.2 Å². The van der Waals surface area contributed by atoms with Crippen molar-refractivity contribution in [3.8, 4) is 17.2 Å². The number of carbonyl (C=O) groups excluding carboxylic acids is 2. The van der Waals surface area contributed by atoms with Gasteiger partial charge in [0.05, 0.1) is 19.7 Å². The Morgan fingerprint density at radius 3 is 2.42 bits per heavy atom. The summed E-state index contributed by atoms with van der Waals surface area (Å²) in [7, 11) is 1.55. The molecule has 0 spiro atoms. The van der Waals surface area contributed by atoms with Crippen molar-refractivity contribution in [3.63, 3.8) is 0 Å². The van der Waals surface area contributed by atoms with Gasteiger partial charge in [0, 0.05) is 11.1 Å². The quantitative estimate of drug-likeness (QED) is 0.161. The number of hydrogen-bond acceptors (Lipinski definition) is 9. The molecule has 0 aliphatic rings. The summed E-state index contributed by atoms with van der Waals surface area (Å²) < 4.78 is 16.5. The van der Waals surface area contributed by atoms with Crippen molar-refractivity contribution in [2.24, 2.45) is 5.10 Å². The second kappa shape index (κ2) is 13.5. The van der Waals surface area contributed by atoms with Gasteiger partial charge in [-0.1, -0.05) is 41.7 Å². The summed E-state index contributed by atoms with van der Waals surface area (Å²) in [6, 6.07) is 23.5. The largest absolute Gasteiger partial charge is 0.497 e. The summed E-state index contributed by atoms with van der Waals surface area (Å²) in [4.78, 5) is 24.7. The van der Waals surface area contributed by atoms with E-state index < -0.39 is 0 Å². The van der Waals surface area contributed by atoms with Crippen LogP contribution in [0.25, 0.3) is 0 Å². The maximum absolute atomic E-state index is 12.4. The first-order valence-electron chi connectivity index (χ1n) is 11.6. The molecule has 0 saturated carbocycles. The van der Waals surface area contributed by atoms with Crippen LogP contribution < -0.4 is 25.0 Å². The number of nitrogens with one attached hydrogen (secondary N) is 2. The highest BCUT2D eigenvalue weighted by atomic mass is 32.1. The topological polar surface area (TPSA) is 124 Å². The Labute approximate surface area is 223 Å². The third-order valence-corrected chi connectivity index (χ3v) is 5.85. The first-order chi connectivity index (χ1) is 18.6. The molecule has 3 aromatic carbocycles. The predicted molar refractivity (Wildman–Crippen MR) is 144 cm³/mol. The van der Waals surface area contributed by atoms with Crippen molar-refractivity contribution in [1.29, 1.82) is 0 Å². The third-order valence-electron chi connectivity index (χ3n) is 5.02. The minimum absolute atomic E-state index is 0.0393. The molecular formula is C27H25N5O5S. The van der Waals surface area contributed by atoms with Gasteiger partial charge in [0.1, 0.15) is 35.5 Å². The van der Waals surface area contributed by atoms with E-state index in [1.807, 2.05) is 54.6 Å². The zero-order valence-electron chi connectivity index (χ0n) is 20.5. The van der Waals surface area contributed by atoms with Gasteiger partial charge < -0.3 is 14.2 Å². The van der Waals surface area contributed by atoms with E-state index in [0.29, 0.717) is 46.0 Å². The normalized spacial score (nSPS) is 10.7. The molecule has 0 atom stereocenters. The first-order valence-corrected chi connectivity index (χ1v) is 12.4. The van der Waals surface area contributed by atoms with Crippen molar-refractivity contribution in [2.45, 2.75) is 6.42 Å². The maximum atomic E-state index is 12.4. The van der Waals surface area contributed by atoms with Crippen LogP contribution in [0, 0.1) is 0 Å². The van der Waals surface area contributed by atoms with Crippen LogP contribution in [-0.4, -0.2) is 48.5 Å². The van der Waals surface area contributed by atoms with E-state index in [1.165, 1.54) is 6.21 Å². The fourth-order valence-electron chi connectivity index (χ4n) is 3.18. The van der Waals surface area contributed by atoms with Crippen molar-refractivity contribution < 1.29 is 23.8 Å². The Morgan fingerprint density at radius 1 is 0.895 bits per heavy atom. The third kappa shape index (κ3) is 7.87. The van der Waals surface area contributed by atoms with E-state index in [-0.39, 0.29) is 18.2 Å². The highest BCUT2D eigenvalue weighted by Gasteiger charge is 2.13. The number of ether oxygens (including phenoxy) is 3. The van der Waals surface area contributed by atoms with Crippen molar-refractivity contribution in [2.75, 3.05) is 25.6 Å². The first kappa shape index (κ1) is 26.3. The second-order valence-electron chi connectivity index (χ2n) is 7.70. The predicted octanol–water partition coefficient (Wildman–Crippen LogP) is 3.95. The molecule has 0 unspecified atom stereocenters. The number of amides is 2. The molecule has 2 amide bonds. The molecule has 11 heteroatoms. The highest BCUT2D eigenvalue weighted by Crippen LogP contribution is 2.19. The molecule has 10 nitrogen and oxygen atoms in total. The number of hydrogen-bond donors (Lipinski definition) is 2. The lowest BCUT2D eigenvalue weighted by Crippen LogP contribution is -2.19. The number of aromatic nitrogens is 2. The molecule has 4 aromatic rings. The van der Waals surface area contributed by atoms with E-state index in [0.717, 1.165) is 17.1 Å². The minimum atomic E-state index is -0.375. The Hall–Kier alpha value is -4.77. The van der Waals surface area contributed by atoms with Crippen molar-refractivity contribution in [3.05, 3.63) is 95.0 Å². The lowest BCUT2D eigenvalue weighted by molar-refractivity contribution is -0.120. The highest BCUT2D eigenvalue weighted by molar-refractivity contribution is 7.15. The number of carbonyl (C=O) groups is 2. The summed E-state index contributed by atoms with van der Waals surface area (Å²) in [6.07, 6.45) is 1.47. The number of methoxy groups -OCH3 is 1. The average molecular weight is 532 g/mol. The van der Waals surface area contributed by atoms with Crippen molar-refractivity contribution >= 4 is 34.5 Å². The molecule has 0 saturated heterocycles. The fourth-order valence-corrected chi connectivity index (χ4v) is 3.92. The zero-order valence-corrected chi connectivity index (χ0v) is 21.3. The van der Waals surface area contributed by atoms with Crippen molar-refractivity contribution in [1.82, 2.24) is 15.6 Å². The Balaban J connectivity index is 1.23. The lowest BCUT2D eigenvalue weighted by Gasteiger charge is -2.10. The summed E-state index contributed by atoms with van der Waals surface area (Å²) in [6.45, 7) is 0.733. The molecule has 0 aliphatic heterocycles. The molecule has 38 heavy (non-hydrogen) atoms. The van der Waals surface area contributed by atoms with E-state index >= 15 is 0 Å². The van der Waals surface area contributed by atoms with Gasteiger partial charge in [-0.3, -0.25) is 14.9 Å². The minimum Gasteiger partial charge on any atom is -0.497 e. The lowest BCUT2D eigenvalue weighted by atomic mass is 10.2. The number of hydrazone groups is 1. The SMILES string of the molecule is COc1ccc(C(=O)Nc2nnc(CC(=O)N/N=C\c3ccccc3OCCOc3ccccc3)s2)cc1. The van der Waals surface area contributed by atoms with Crippen LogP contribution in [0.1, 0.15) is 20.9 Å². The standard InChI is InChI=1S/C27H25N5O5S/c1-35-21-13-11-19(12-14-21)26(34)29-27-32-31-25(38-27)17-24(33)30-28-18-20-7-5-6-10-23(20)37-16-15-36-22-8-3-2-4-9-22/h2-14,18H,15-17H2,1H3,(H,30,33)(H,29,32,34)/b28-18-. The van der Waals surface area contributed by atoms with Crippen LogP contribution in [0.2, 0.25) is 0 Å². The average Bonchev–Trinajstić information content (AvgIpc) is 3.38. The molecule has 0 aliphatic carbocycles. The van der Waals surface area contributed by atoms with Crippen LogP contribution >= 0.6 is 11.3 Å². The van der Waals surface area contributed by atoms with E-state index in [9.17, 15) is 9.59 Å². The van der Waals surface area contributed by atoms with E-state index in [1.54, 1.807) is 31.4 Å². The van der Waals surface area contributed by atoms with Gasteiger partial charge in [0.2, 0.25) is 11.0 Å². The molecule has 4 rings (SSSR count). The molecular weight excluding hydrogens is 506 g/mol. The Kier molecular flexibility index (Phi) is 9.35. The summed E-state index contributed by atoms with van der Waals surface area (Å²) >= 11 is 1.11. The number of nitrogens with zero attached hydrogens (tertiary/aromatic N) is 3. The van der Waals surface area contributed by atoms with Crippen LogP contribution in [0.15, 0.2) is 84.0 Å². The monoisotopic (exact) mass is 531 g/mol. The van der Waals surface area contributed by atoms with Gasteiger partial charge in [-0.25, -0.2) is 5.43 Å². The van der Waals surface area contributed by atoms with E-state index in [2.05, 4.69) is 26.0 Å². The fraction of sp³-hybridized carbons (Fsp3) is 0.148. The number of para-hydroxylation sites is 2. The number of benzene rings is 3. The number of anilines is 1. The van der Waals surface area contributed by atoms with Gasteiger partial charge in [-0.05, 0) is 48.5 Å². The summed E-state index contributed by atoms with van der Waals surface area (Å²) in [5.74, 6) is 1.33. The molecule has 0 bridgehead atoms.